The molecule has 4 rings (SSSR count). The van der Waals surface area contributed by atoms with Crippen LogP contribution in [-0.4, -0.2) is 23.3 Å². The van der Waals surface area contributed by atoms with Crippen molar-refractivity contribution in [1.82, 2.24) is 4.98 Å². The molecule has 0 bridgehead atoms. The van der Waals surface area contributed by atoms with Gasteiger partial charge in [0.2, 0.25) is 11.8 Å². The van der Waals surface area contributed by atoms with Crippen LogP contribution in [0.2, 0.25) is 5.02 Å². The van der Waals surface area contributed by atoms with E-state index >= 15 is 0 Å². The smallest absolute Gasteiger partial charge is 0.257 e. The van der Waals surface area contributed by atoms with E-state index in [-0.39, 0.29) is 17.6 Å². The van der Waals surface area contributed by atoms with E-state index < -0.39 is 0 Å². The molecule has 0 radical (unpaired) electrons. The number of ether oxygens (including phenoxy) is 1. The van der Waals surface area contributed by atoms with Crippen LogP contribution in [0.1, 0.15) is 23.2 Å². The number of aromatic nitrogens is 1. The van der Waals surface area contributed by atoms with Gasteiger partial charge in [-0.1, -0.05) is 11.6 Å². The number of halogens is 2. The third kappa shape index (κ3) is 4.41. The molecule has 0 saturated carbocycles. The number of hydrogen-bond donors (Lipinski definition) is 1. The van der Waals surface area contributed by atoms with Gasteiger partial charge in [0.15, 0.2) is 0 Å². The maximum absolute atomic E-state index is 13.0. The molecule has 152 valence electrons. The van der Waals surface area contributed by atoms with E-state index in [1.54, 1.807) is 35.2 Å². The van der Waals surface area contributed by atoms with Crippen molar-refractivity contribution in [3.05, 3.63) is 77.2 Å². The molecule has 1 aromatic heterocycles. The van der Waals surface area contributed by atoms with Gasteiger partial charge < -0.3 is 15.0 Å². The summed E-state index contributed by atoms with van der Waals surface area (Å²) in [6, 6.07) is 13.6. The highest BCUT2D eigenvalue weighted by Crippen LogP contribution is 2.29. The first-order chi connectivity index (χ1) is 14.5. The third-order valence-corrected chi connectivity index (χ3v) is 4.83. The second-order valence-corrected chi connectivity index (χ2v) is 7.14. The van der Waals surface area contributed by atoms with Crippen LogP contribution in [0.5, 0.6) is 11.6 Å². The highest BCUT2D eigenvalue weighted by Gasteiger charge is 2.26. The summed E-state index contributed by atoms with van der Waals surface area (Å²) in [5, 5.41) is 3.22. The van der Waals surface area contributed by atoms with Crippen molar-refractivity contribution >= 4 is 34.8 Å². The van der Waals surface area contributed by atoms with E-state index in [2.05, 4.69) is 10.3 Å². The molecule has 1 saturated heterocycles. The first kappa shape index (κ1) is 19.8. The topological polar surface area (TPSA) is 71.5 Å². The summed E-state index contributed by atoms with van der Waals surface area (Å²) in [7, 11) is 0. The normalized spacial score (nSPS) is 13.4. The van der Waals surface area contributed by atoms with Crippen molar-refractivity contribution in [2.75, 3.05) is 16.8 Å². The number of pyridine rings is 1. The Morgan fingerprint density at radius 3 is 2.60 bits per heavy atom. The Morgan fingerprint density at radius 1 is 1.13 bits per heavy atom. The first-order valence-corrected chi connectivity index (χ1v) is 9.68. The molecule has 2 amide bonds. The summed E-state index contributed by atoms with van der Waals surface area (Å²) in [6.07, 6.45) is 2.65. The second kappa shape index (κ2) is 8.51. The lowest BCUT2D eigenvalue weighted by molar-refractivity contribution is -0.117. The molecule has 1 N–H and O–H groups in total. The Hall–Kier alpha value is -3.45. The molecule has 2 aromatic carbocycles. The molecule has 0 aliphatic carbocycles. The summed E-state index contributed by atoms with van der Waals surface area (Å²) in [6.45, 7) is 0.552. The minimum absolute atomic E-state index is 0.0321. The van der Waals surface area contributed by atoms with Crippen molar-refractivity contribution in [1.29, 1.82) is 0 Å². The molecule has 3 aromatic rings. The maximum atomic E-state index is 13.0. The molecule has 6 nitrogen and oxygen atoms in total. The lowest BCUT2D eigenvalue weighted by Crippen LogP contribution is -2.27. The molecule has 0 spiro atoms. The minimum Gasteiger partial charge on any atom is -0.439 e. The van der Waals surface area contributed by atoms with Crippen LogP contribution in [0, 0.1) is 5.82 Å². The van der Waals surface area contributed by atoms with Crippen molar-refractivity contribution in [2.24, 2.45) is 0 Å². The van der Waals surface area contributed by atoms with Crippen LogP contribution >= 0.6 is 11.6 Å². The molecule has 1 aliphatic rings. The molecule has 0 unspecified atom stereocenters. The molecular weight excluding hydrogens is 409 g/mol. The van der Waals surface area contributed by atoms with Gasteiger partial charge in [-0.05, 0) is 55.0 Å². The molecule has 2 heterocycles. The van der Waals surface area contributed by atoms with Crippen molar-refractivity contribution in [3.8, 4) is 11.6 Å². The summed E-state index contributed by atoms with van der Waals surface area (Å²) >= 11 is 6.09. The van der Waals surface area contributed by atoms with Gasteiger partial charge in [-0.15, -0.1) is 0 Å². The van der Waals surface area contributed by atoms with E-state index in [1.165, 1.54) is 30.5 Å². The van der Waals surface area contributed by atoms with Crippen molar-refractivity contribution < 1.29 is 18.7 Å². The van der Waals surface area contributed by atoms with Gasteiger partial charge in [0.25, 0.3) is 5.91 Å². The Morgan fingerprint density at radius 2 is 1.93 bits per heavy atom. The highest BCUT2D eigenvalue weighted by atomic mass is 35.5. The SMILES string of the molecule is O=C(Nc1ccc(Oc2ccc(F)cc2)nc1)c1ccc(Cl)cc1N1CCCC1=O. The highest BCUT2D eigenvalue weighted by molar-refractivity contribution is 6.31. The molecule has 0 atom stereocenters. The van der Waals surface area contributed by atoms with Crippen molar-refractivity contribution in [2.45, 2.75) is 12.8 Å². The van der Waals surface area contributed by atoms with Gasteiger partial charge in [-0.3, -0.25) is 9.59 Å². The number of carbonyl (C=O) groups excluding carboxylic acids is 2. The summed E-state index contributed by atoms with van der Waals surface area (Å²) in [5.74, 6) is -0.0209. The number of nitrogens with zero attached hydrogens (tertiary/aromatic N) is 2. The lowest BCUT2D eigenvalue weighted by Gasteiger charge is -2.19. The molecule has 30 heavy (non-hydrogen) atoms. The number of nitrogens with one attached hydrogen (secondary N) is 1. The zero-order chi connectivity index (χ0) is 21.1. The quantitative estimate of drug-likeness (QED) is 0.621. The fraction of sp³-hybridized carbons (Fsp3) is 0.136. The van der Waals surface area contributed by atoms with Gasteiger partial charge >= 0.3 is 0 Å². The van der Waals surface area contributed by atoms with Crippen LogP contribution in [0.25, 0.3) is 0 Å². The second-order valence-electron chi connectivity index (χ2n) is 6.71. The number of carbonyl (C=O) groups is 2. The Balaban J connectivity index is 1.49. The predicted octanol–water partition coefficient (Wildman–Crippen LogP) is 5.05. The van der Waals surface area contributed by atoms with Crippen LogP contribution in [0.3, 0.4) is 0 Å². The van der Waals surface area contributed by atoms with Gasteiger partial charge in [-0.25, -0.2) is 9.37 Å². The maximum Gasteiger partial charge on any atom is 0.257 e. The van der Waals surface area contributed by atoms with Crippen molar-refractivity contribution in [3.63, 3.8) is 0 Å². The van der Waals surface area contributed by atoms with E-state index in [0.717, 1.165) is 6.42 Å². The van der Waals surface area contributed by atoms with Crippen LogP contribution < -0.4 is 15.0 Å². The largest absolute Gasteiger partial charge is 0.439 e. The lowest BCUT2D eigenvalue weighted by atomic mass is 10.1. The Kier molecular flexibility index (Phi) is 5.63. The fourth-order valence-corrected chi connectivity index (χ4v) is 3.33. The molecule has 1 aliphatic heterocycles. The average Bonchev–Trinajstić information content (AvgIpc) is 3.17. The number of amides is 2. The standard InChI is InChI=1S/C22H17ClFN3O3/c23-14-3-9-18(19(12-14)27-11-1-2-21(27)28)22(29)26-16-6-10-20(25-13-16)30-17-7-4-15(24)5-8-17/h3-10,12-13H,1-2,11H2,(H,26,29). The van der Waals surface area contributed by atoms with Crippen LogP contribution in [0.4, 0.5) is 15.8 Å². The Labute approximate surface area is 177 Å². The van der Waals surface area contributed by atoms with E-state index in [0.29, 0.717) is 46.6 Å². The monoisotopic (exact) mass is 425 g/mol. The number of rotatable bonds is 5. The first-order valence-electron chi connectivity index (χ1n) is 9.30. The van der Waals surface area contributed by atoms with E-state index in [1.807, 2.05) is 0 Å². The molecule has 8 heteroatoms. The average molecular weight is 426 g/mol. The van der Waals surface area contributed by atoms with Gasteiger partial charge in [-0.2, -0.15) is 0 Å². The molecule has 1 fully saturated rings. The predicted molar refractivity (Wildman–Crippen MR) is 112 cm³/mol. The summed E-state index contributed by atoms with van der Waals surface area (Å²) < 4.78 is 18.5. The van der Waals surface area contributed by atoms with E-state index in [4.69, 9.17) is 16.3 Å². The minimum atomic E-state index is -0.379. The van der Waals surface area contributed by atoms with E-state index in [9.17, 15) is 14.0 Å². The summed E-state index contributed by atoms with van der Waals surface area (Å²) in [4.78, 5) is 30.7. The number of hydrogen-bond acceptors (Lipinski definition) is 4. The van der Waals surface area contributed by atoms with Gasteiger partial charge in [0.05, 0.1) is 23.1 Å². The van der Waals surface area contributed by atoms with Crippen LogP contribution in [-0.2, 0) is 4.79 Å². The van der Waals surface area contributed by atoms with Crippen LogP contribution in [0.15, 0.2) is 60.8 Å². The van der Waals surface area contributed by atoms with Gasteiger partial charge in [0.1, 0.15) is 11.6 Å². The Bertz CT molecular complexity index is 1090. The fourth-order valence-electron chi connectivity index (χ4n) is 3.16. The number of anilines is 2. The zero-order valence-corrected chi connectivity index (χ0v) is 16.5. The molecular formula is C22H17ClFN3O3. The number of benzene rings is 2. The zero-order valence-electron chi connectivity index (χ0n) is 15.8. The summed E-state index contributed by atoms with van der Waals surface area (Å²) in [5.41, 5.74) is 1.30. The van der Waals surface area contributed by atoms with Gasteiger partial charge in [0, 0.05) is 24.1 Å². The third-order valence-electron chi connectivity index (χ3n) is 4.60.